The highest BCUT2D eigenvalue weighted by molar-refractivity contribution is 7.10. The lowest BCUT2D eigenvalue weighted by Gasteiger charge is -2.51. The van der Waals surface area contributed by atoms with E-state index < -0.39 is 34.0 Å². The van der Waals surface area contributed by atoms with E-state index in [0.29, 0.717) is 77.4 Å². The number of ketones is 1. The molecule has 3 aromatic heterocycles. The van der Waals surface area contributed by atoms with Crippen molar-refractivity contribution in [2.75, 3.05) is 53.5 Å². The minimum Gasteiger partial charge on any atom is -0.463 e. The van der Waals surface area contributed by atoms with Gasteiger partial charge in [0.05, 0.1) is 55.8 Å². The number of fused-ring (bicyclic) bond motifs is 4. The fourth-order valence-corrected chi connectivity index (χ4v) is 14.1. The van der Waals surface area contributed by atoms with Gasteiger partial charge in [-0.15, -0.1) is 16.5 Å². The van der Waals surface area contributed by atoms with E-state index in [2.05, 4.69) is 61.6 Å². The number of hydrazine groups is 2. The summed E-state index contributed by atoms with van der Waals surface area (Å²) in [6, 6.07) is 9.99. The summed E-state index contributed by atoms with van der Waals surface area (Å²) < 4.78 is 14.5. The van der Waals surface area contributed by atoms with Crippen LogP contribution in [-0.2, 0) is 48.0 Å². The molecule has 8 heterocycles. The molecule has 4 fully saturated rings. The van der Waals surface area contributed by atoms with Crippen LogP contribution in [0.4, 0.5) is 4.79 Å². The standard InChI is InChI=1S/C52H67N9O7SSi/c1-10-41(62)57-21-14-23-58(24-15-22-57)49(66)56(8)43(32(3)4)45(63)46-51(31-70-46)28-40-54-38(29-69-40)34-17-18-39-36(26-34)37(44(59(39)11-2)35-16-12-20-53-42(35)33(5)67-9)27-50(6,7)30-68-48(65)52-19-13-25-60(47(51)64)61(52)55-52/h10,12,16-18,20,26,29,32-33,43,46,55H,1,11,13-15,19,21-25,27-28,30-31H2,2-9H3/t33-,43-,46?,51-,52+,61?/m0/s1. The molecule has 16 nitrogen and oxygen atoms in total. The first-order valence-corrected chi connectivity index (χ1v) is 27.0. The molecule has 4 aromatic rings. The zero-order valence-electron chi connectivity index (χ0n) is 41.9. The molecule has 372 valence electrons. The van der Waals surface area contributed by atoms with Crippen LogP contribution in [0.25, 0.3) is 33.4 Å². The molecule has 1 spiro atoms. The number of aromatic nitrogens is 3. The van der Waals surface area contributed by atoms with Gasteiger partial charge >= 0.3 is 12.0 Å². The zero-order valence-corrected chi connectivity index (χ0v) is 43.7. The van der Waals surface area contributed by atoms with Crippen molar-refractivity contribution in [3.8, 4) is 22.5 Å². The number of methoxy groups -OCH3 is 1. The number of likely N-dealkylation sites (N-methyl/N-ethyl adjacent to an activating group) is 1. The van der Waals surface area contributed by atoms with Crippen molar-refractivity contribution in [1.29, 1.82) is 0 Å². The summed E-state index contributed by atoms with van der Waals surface area (Å²) in [6.07, 6.45) is 5.91. The third-order valence-electron chi connectivity index (χ3n) is 15.2. The van der Waals surface area contributed by atoms with Crippen LogP contribution in [0.15, 0.2) is 54.6 Å². The largest absolute Gasteiger partial charge is 0.463 e. The number of amides is 4. The molecule has 1 N–H and O–H groups in total. The third-order valence-corrected chi connectivity index (χ3v) is 18.1. The quantitative estimate of drug-likeness (QED) is 0.0797. The minimum absolute atomic E-state index is 0.116. The zero-order chi connectivity index (χ0) is 49.9. The van der Waals surface area contributed by atoms with Gasteiger partial charge in [0, 0.05) is 104 Å². The first kappa shape index (κ1) is 49.7. The van der Waals surface area contributed by atoms with E-state index in [1.165, 1.54) is 17.4 Å². The van der Waals surface area contributed by atoms with E-state index in [0.717, 1.165) is 49.7 Å². The normalized spacial score (nSPS) is 25.5. The third kappa shape index (κ3) is 8.70. The van der Waals surface area contributed by atoms with Crippen molar-refractivity contribution >= 4 is 61.4 Å². The number of Topliss-reactive ketones (excluding diaryl/α,β-unsaturated/α-hetero) is 1. The van der Waals surface area contributed by atoms with Crippen LogP contribution in [-0.4, -0.2) is 144 Å². The number of cyclic esters (lactones) is 1. The number of carbonyl (C=O) groups is 5. The first-order valence-electron chi connectivity index (χ1n) is 24.8. The highest BCUT2D eigenvalue weighted by Crippen LogP contribution is 2.54. The Kier molecular flexibility index (Phi) is 13.8. The second kappa shape index (κ2) is 19.4. The molecule has 2 unspecified atom stereocenters. The van der Waals surface area contributed by atoms with E-state index in [1.54, 1.807) is 45.2 Å². The number of nitrogens with zero attached hydrogens (tertiary/aromatic N) is 8. The van der Waals surface area contributed by atoms with Crippen LogP contribution in [0.5, 0.6) is 0 Å². The molecular formula is C52H67N9O7SSi. The van der Waals surface area contributed by atoms with Gasteiger partial charge in [-0.1, -0.05) is 40.3 Å². The number of ether oxygens (including phenoxy) is 2. The Morgan fingerprint density at radius 1 is 1.06 bits per heavy atom. The smallest absolute Gasteiger partial charge is 0.346 e. The Morgan fingerprint density at radius 2 is 1.80 bits per heavy atom. The maximum atomic E-state index is 15.5. The summed E-state index contributed by atoms with van der Waals surface area (Å²) in [5.74, 6) is -1.15. The van der Waals surface area contributed by atoms with Crippen molar-refractivity contribution in [3.05, 3.63) is 70.8 Å². The lowest BCUT2D eigenvalue weighted by molar-refractivity contribution is -0.166. The van der Waals surface area contributed by atoms with Gasteiger partial charge in [-0.25, -0.2) is 20.0 Å². The SMILES string of the molecule is C=CC(=O)N1CCCN(C(=O)N(C)[C@H](C(=O)C2[Si]C[C@@]23Cc2nc(cs2)-c2ccc4c(c2)c(c(-c2cccnc2[C@H](C)OC)n4CC)CC(C)(C)COC(=O)[C@@]24CCCN(C3=O)N2N4)C(C)C)CCC1. The Bertz CT molecular complexity index is 2710. The Hall–Kier alpha value is -5.27. The number of carbonyl (C=O) groups excluding carboxylic acids is 5. The first-order chi connectivity index (χ1) is 33.5. The van der Waals surface area contributed by atoms with Gasteiger partial charge in [-0.05, 0) is 93.8 Å². The summed E-state index contributed by atoms with van der Waals surface area (Å²) in [7, 11) is 3.55. The molecule has 70 heavy (non-hydrogen) atoms. The van der Waals surface area contributed by atoms with Gasteiger partial charge in [0.1, 0.15) is 0 Å². The van der Waals surface area contributed by atoms with E-state index in [1.807, 2.05) is 32.2 Å². The van der Waals surface area contributed by atoms with Gasteiger partial charge in [-0.2, -0.15) is 0 Å². The number of aryl methyl sites for hydroxylation is 1. The van der Waals surface area contributed by atoms with E-state index in [9.17, 15) is 14.4 Å². The van der Waals surface area contributed by atoms with Crippen LogP contribution < -0.4 is 5.43 Å². The van der Waals surface area contributed by atoms with Gasteiger partial charge in [0.15, 0.2) is 5.78 Å². The van der Waals surface area contributed by atoms with Gasteiger partial charge < -0.3 is 28.7 Å². The van der Waals surface area contributed by atoms with Crippen molar-refractivity contribution in [1.82, 2.24) is 44.8 Å². The van der Waals surface area contributed by atoms with Crippen LogP contribution in [0, 0.1) is 16.7 Å². The van der Waals surface area contributed by atoms with E-state index in [-0.39, 0.29) is 58.2 Å². The molecule has 1 aromatic carbocycles. The van der Waals surface area contributed by atoms with Crippen LogP contribution in [0.2, 0.25) is 11.6 Å². The van der Waals surface area contributed by atoms with Gasteiger partial charge in [-0.3, -0.25) is 24.4 Å². The summed E-state index contributed by atoms with van der Waals surface area (Å²) in [5, 5.41) is 7.14. The van der Waals surface area contributed by atoms with Crippen LogP contribution in [0.3, 0.4) is 0 Å². The predicted octanol–water partition coefficient (Wildman–Crippen LogP) is 6.94. The molecule has 6 atom stereocenters. The number of urea groups is 1. The monoisotopic (exact) mass is 989 g/mol. The van der Waals surface area contributed by atoms with Crippen molar-refractivity contribution < 1.29 is 33.4 Å². The lowest BCUT2D eigenvalue weighted by atomic mass is 9.75. The predicted molar refractivity (Wildman–Crippen MR) is 269 cm³/mol. The molecule has 6 bridgehead atoms. The van der Waals surface area contributed by atoms with Crippen molar-refractivity contribution in [2.24, 2.45) is 16.7 Å². The average molecular weight is 990 g/mol. The molecule has 4 amide bonds. The summed E-state index contributed by atoms with van der Waals surface area (Å²) in [5.41, 5.74) is 6.48. The Morgan fingerprint density at radius 3 is 2.47 bits per heavy atom. The molecule has 5 aliphatic rings. The van der Waals surface area contributed by atoms with Gasteiger partial charge in [0.2, 0.25) is 17.5 Å². The summed E-state index contributed by atoms with van der Waals surface area (Å²) in [6.45, 7) is 19.1. The highest BCUT2D eigenvalue weighted by atomic mass is 32.1. The lowest BCUT2D eigenvalue weighted by Crippen LogP contribution is -2.63. The van der Waals surface area contributed by atoms with Crippen LogP contribution in [0.1, 0.15) is 89.6 Å². The number of esters is 1. The fraction of sp³-hybridized carbons (Fsp3) is 0.558. The Labute approximate surface area is 417 Å². The van der Waals surface area contributed by atoms with Crippen molar-refractivity contribution in [2.45, 2.75) is 116 Å². The number of pyridine rings is 1. The molecule has 0 saturated carbocycles. The summed E-state index contributed by atoms with van der Waals surface area (Å²) >= 11 is 1.49. The number of nitrogens with one attached hydrogen (secondary N) is 1. The molecular weight excluding hydrogens is 923 g/mol. The van der Waals surface area contributed by atoms with Crippen LogP contribution >= 0.6 is 11.3 Å². The fourth-order valence-electron chi connectivity index (χ4n) is 11.4. The molecule has 4 saturated heterocycles. The number of benzene rings is 1. The number of hydrogen-bond donors (Lipinski definition) is 1. The molecule has 5 aliphatic heterocycles. The van der Waals surface area contributed by atoms with Gasteiger partial charge in [0.25, 0.3) is 0 Å². The van der Waals surface area contributed by atoms with Crippen molar-refractivity contribution in [3.63, 3.8) is 0 Å². The van der Waals surface area contributed by atoms with E-state index >= 15 is 9.59 Å². The number of hydrogen-bond acceptors (Lipinski definition) is 12. The second-order valence-corrected chi connectivity index (χ2v) is 23.1. The molecule has 2 radical (unpaired) electrons. The highest BCUT2D eigenvalue weighted by Gasteiger charge is 2.68. The topological polar surface area (TPSA) is 172 Å². The second-order valence-electron chi connectivity index (χ2n) is 20.8. The molecule has 9 rings (SSSR count). The maximum Gasteiger partial charge on any atom is 0.346 e. The number of thiazole rings is 1. The van der Waals surface area contributed by atoms with E-state index in [4.69, 9.17) is 19.4 Å². The molecule has 18 heteroatoms. The summed E-state index contributed by atoms with van der Waals surface area (Å²) in [4.78, 5) is 87.2. The average Bonchev–Trinajstić information content (AvgIpc) is 3.80. The molecule has 0 aliphatic carbocycles. The Balaban J connectivity index is 1.10. The maximum absolute atomic E-state index is 15.5. The minimum atomic E-state index is -1.20. The number of rotatable bonds is 9.